The molecule has 2 heterocycles. The highest BCUT2D eigenvalue weighted by molar-refractivity contribution is 7.89. The van der Waals surface area contributed by atoms with Gasteiger partial charge in [0.05, 0.1) is 4.90 Å². The van der Waals surface area contributed by atoms with E-state index in [9.17, 15) is 13.2 Å². The lowest BCUT2D eigenvalue weighted by molar-refractivity contribution is -0.123. The first-order valence-corrected chi connectivity index (χ1v) is 10.5. The van der Waals surface area contributed by atoms with Crippen LogP contribution in [0.2, 0.25) is 0 Å². The third kappa shape index (κ3) is 2.93. The van der Waals surface area contributed by atoms with Crippen molar-refractivity contribution < 1.29 is 13.2 Å². The topological polar surface area (TPSA) is 57.7 Å². The molecule has 0 N–H and O–H groups in total. The maximum atomic E-state index is 13.3. The van der Waals surface area contributed by atoms with Crippen LogP contribution in [0.4, 0.5) is 5.69 Å². The van der Waals surface area contributed by atoms with Gasteiger partial charge in [0.2, 0.25) is 15.9 Å². The second kappa shape index (κ2) is 6.85. The third-order valence-corrected chi connectivity index (χ3v) is 7.16. The minimum atomic E-state index is -3.68. The van der Waals surface area contributed by atoms with Crippen LogP contribution in [0.5, 0.6) is 0 Å². The van der Waals surface area contributed by atoms with Crippen molar-refractivity contribution in [2.45, 2.75) is 36.6 Å². The van der Waals surface area contributed by atoms with Gasteiger partial charge in [0, 0.05) is 18.8 Å². The molecule has 2 aromatic carbocycles. The van der Waals surface area contributed by atoms with Crippen molar-refractivity contribution in [2.24, 2.45) is 0 Å². The maximum absolute atomic E-state index is 13.3. The van der Waals surface area contributed by atoms with Gasteiger partial charge >= 0.3 is 0 Å². The van der Waals surface area contributed by atoms with E-state index in [2.05, 4.69) is 0 Å². The average molecular weight is 370 g/mol. The van der Waals surface area contributed by atoms with Crippen LogP contribution in [0, 0.1) is 0 Å². The molecule has 0 aromatic heterocycles. The Hall–Kier alpha value is -2.18. The van der Waals surface area contributed by atoms with Crippen LogP contribution >= 0.6 is 0 Å². The Morgan fingerprint density at radius 3 is 2.46 bits per heavy atom. The second-order valence-corrected chi connectivity index (χ2v) is 8.70. The molecule has 0 spiro atoms. The quantitative estimate of drug-likeness (QED) is 0.835. The molecule has 2 aliphatic rings. The largest absolute Gasteiger partial charge is 0.310 e. The maximum Gasteiger partial charge on any atom is 0.245 e. The zero-order valence-corrected chi connectivity index (χ0v) is 15.4. The minimum absolute atomic E-state index is 0.103. The van der Waals surface area contributed by atoms with E-state index in [0.29, 0.717) is 19.5 Å². The number of carbonyl (C=O) groups is 1. The third-order valence-electron chi connectivity index (χ3n) is 5.24. The van der Waals surface area contributed by atoms with E-state index < -0.39 is 16.1 Å². The lowest BCUT2D eigenvalue weighted by Crippen LogP contribution is -2.52. The fourth-order valence-electron chi connectivity index (χ4n) is 3.91. The highest BCUT2D eigenvalue weighted by atomic mass is 32.2. The number of rotatable bonds is 3. The van der Waals surface area contributed by atoms with Gasteiger partial charge < -0.3 is 4.90 Å². The van der Waals surface area contributed by atoms with Crippen LogP contribution in [0.25, 0.3) is 0 Å². The van der Waals surface area contributed by atoms with E-state index in [1.807, 2.05) is 24.3 Å². The fourth-order valence-corrected chi connectivity index (χ4v) is 5.59. The Bertz CT molecular complexity index is 912. The van der Waals surface area contributed by atoms with E-state index in [0.717, 1.165) is 30.5 Å². The fraction of sp³-hybridized carbons (Fsp3) is 0.350. The van der Waals surface area contributed by atoms with Gasteiger partial charge in [-0.05, 0) is 43.0 Å². The van der Waals surface area contributed by atoms with Gasteiger partial charge in [0.1, 0.15) is 6.04 Å². The zero-order valence-electron chi connectivity index (χ0n) is 14.5. The molecule has 5 nitrogen and oxygen atoms in total. The molecule has 0 bridgehead atoms. The van der Waals surface area contributed by atoms with Gasteiger partial charge in [0.25, 0.3) is 0 Å². The van der Waals surface area contributed by atoms with Crippen LogP contribution in [0.15, 0.2) is 59.5 Å². The summed E-state index contributed by atoms with van der Waals surface area (Å²) in [4.78, 5) is 15.3. The molecule has 1 atom stereocenters. The first-order valence-electron chi connectivity index (χ1n) is 9.05. The number of benzene rings is 2. The van der Waals surface area contributed by atoms with Gasteiger partial charge in [-0.2, -0.15) is 4.31 Å². The number of para-hydroxylation sites is 1. The highest BCUT2D eigenvalue weighted by Gasteiger charge is 2.40. The number of carbonyl (C=O) groups excluding carboxylic acids is 1. The summed E-state index contributed by atoms with van der Waals surface area (Å²) in [7, 11) is -3.68. The molecule has 1 amide bonds. The molecular formula is C20H22N2O3S. The van der Waals surface area contributed by atoms with E-state index in [1.165, 1.54) is 4.31 Å². The van der Waals surface area contributed by atoms with E-state index in [1.54, 1.807) is 35.2 Å². The van der Waals surface area contributed by atoms with Gasteiger partial charge in [-0.1, -0.05) is 42.8 Å². The molecule has 136 valence electrons. The smallest absolute Gasteiger partial charge is 0.245 e. The summed E-state index contributed by atoms with van der Waals surface area (Å²) in [5, 5.41) is 0. The van der Waals surface area contributed by atoms with Crippen molar-refractivity contribution in [3.05, 3.63) is 60.2 Å². The molecular weight excluding hydrogens is 348 g/mol. The summed E-state index contributed by atoms with van der Waals surface area (Å²) in [6.45, 7) is 1.01. The second-order valence-electron chi connectivity index (χ2n) is 6.81. The van der Waals surface area contributed by atoms with Crippen LogP contribution in [-0.2, 0) is 21.2 Å². The molecule has 0 aliphatic carbocycles. The Morgan fingerprint density at radius 2 is 1.65 bits per heavy atom. The lowest BCUT2D eigenvalue weighted by Gasteiger charge is -2.36. The SMILES string of the molecule is O=C([C@H]1CCCCN1S(=O)(=O)c1ccccc1)N1CCc2ccccc21. The van der Waals surface area contributed by atoms with Crippen molar-refractivity contribution in [3.63, 3.8) is 0 Å². The van der Waals surface area contributed by atoms with Crippen molar-refractivity contribution in [2.75, 3.05) is 18.0 Å². The van der Waals surface area contributed by atoms with Gasteiger partial charge in [-0.3, -0.25) is 4.79 Å². The van der Waals surface area contributed by atoms with E-state index in [-0.39, 0.29) is 10.8 Å². The Morgan fingerprint density at radius 1 is 0.923 bits per heavy atom. The molecule has 2 aliphatic heterocycles. The number of hydrogen-bond donors (Lipinski definition) is 0. The number of piperidine rings is 1. The summed E-state index contributed by atoms with van der Waals surface area (Å²) in [6, 6.07) is 15.6. The summed E-state index contributed by atoms with van der Waals surface area (Å²) in [5.41, 5.74) is 2.06. The monoisotopic (exact) mass is 370 g/mol. The summed E-state index contributed by atoms with van der Waals surface area (Å²) in [5.74, 6) is -0.103. The van der Waals surface area contributed by atoms with Crippen LogP contribution in [-0.4, -0.2) is 37.8 Å². The summed E-state index contributed by atoms with van der Waals surface area (Å²) in [6.07, 6.45) is 3.04. The van der Waals surface area contributed by atoms with Crippen molar-refractivity contribution in [3.8, 4) is 0 Å². The van der Waals surface area contributed by atoms with Crippen molar-refractivity contribution in [1.29, 1.82) is 0 Å². The summed E-state index contributed by atoms with van der Waals surface area (Å²) >= 11 is 0. The number of nitrogens with zero attached hydrogens (tertiary/aromatic N) is 2. The first-order chi connectivity index (χ1) is 12.6. The molecule has 0 radical (unpaired) electrons. The predicted octanol–water partition coefficient (Wildman–Crippen LogP) is 2.82. The Balaban J connectivity index is 1.65. The van der Waals surface area contributed by atoms with Crippen LogP contribution < -0.4 is 4.90 Å². The average Bonchev–Trinajstić information content (AvgIpc) is 3.12. The molecule has 0 saturated carbocycles. The summed E-state index contributed by atoms with van der Waals surface area (Å²) < 4.78 is 27.6. The number of fused-ring (bicyclic) bond motifs is 1. The Kier molecular flexibility index (Phi) is 4.54. The van der Waals surface area contributed by atoms with Gasteiger partial charge in [0.15, 0.2) is 0 Å². The number of amides is 1. The molecule has 1 saturated heterocycles. The molecule has 4 rings (SSSR count). The lowest BCUT2D eigenvalue weighted by atomic mass is 10.0. The zero-order chi connectivity index (χ0) is 18.1. The molecule has 0 unspecified atom stereocenters. The van der Waals surface area contributed by atoms with E-state index in [4.69, 9.17) is 0 Å². The molecule has 26 heavy (non-hydrogen) atoms. The Labute approximate surface area is 154 Å². The van der Waals surface area contributed by atoms with E-state index >= 15 is 0 Å². The minimum Gasteiger partial charge on any atom is -0.310 e. The van der Waals surface area contributed by atoms with Crippen LogP contribution in [0.3, 0.4) is 0 Å². The molecule has 2 aromatic rings. The van der Waals surface area contributed by atoms with Crippen LogP contribution in [0.1, 0.15) is 24.8 Å². The van der Waals surface area contributed by atoms with Gasteiger partial charge in [-0.15, -0.1) is 0 Å². The van der Waals surface area contributed by atoms with Crippen molar-refractivity contribution >= 4 is 21.6 Å². The number of anilines is 1. The molecule has 6 heteroatoms. The standard InChI is InChI=1S/C20H22N2O3S/c23-20(21-15-13-16-8-4-5-11-18(16)21)19-12-6-7-14-22(19)26(24,25)17-9-2-1-3-10-17/h1-5,8-11,19H,6-7,12-15H2/t19-/m1/s1. The number of hydrogen-bond acceptors (Lipinski definition) is 3. The highest BCUT2D eigenvalue weighted by Crippen LogP contribution is 2.32. The predicted molar refractivity (Wildman–Crippen MR) is 100 cm³/mol. The van der Waals surface area contributed by atoms with Gasteiger partial charge in [-0.25, -0.2) is 8.42 Å². The first kappa shape index (κ1) is 17.2. The van der Waals surface area contributed by atoms with Crippen molar-refractivity contribution in [1.82, 2.24) is 4.31 Å². The normalized spacial score (nSPS) is 20.8. The number of sulfonamides is 1. The molecule has 1 fully saturated rings.